The summed E-state index contributed by atoms with van der Waals surface area (Å²) < 4.78 is 106. The molecule has 0 saturated carbocycles. The van der Waals surface area contributed by atoms with Gasteiger partial charge in [0.1, 0.15) is 74.9 Å². The van der Waals surface area contributed by atoms with Crippen LogP contribution < -0.4 is 42.5 Å². The van der Waals surface area contributed by atoms with Gasteiger partial charge in [0.05, 0.1) is 59.5 Å². The molecule has 0 spiro atoms. The molecule has 1 aromatic carbocycles. The predicted octanol–water partition coefficient (Wildman–Crippen LogP) is -3.26. The molecular weight excluding hydrogens is 1550 g/mol. The topological polar surface area (TPSA) is 562 Å². The molecule has 0 bridgehead atoms. The maximum absolute atomic E-state index is 14.0. The van der Waals surface area contributed by atoms with Gasteiger partial charge in [0, 0.05) is 116 Å². The summed E-state index contributed by atoms with van der Waals surface area (Å²) in [6, 6.07) is 1.79. The summed E-state index contributed by atoms with van der Waals surface area (Å²) in [6.45, 7) is 9.30. The van der Waals surface area contributed by atoms with Gasteiger partial charge in [-0.15, -0.1) is 0 Å². The molecule has 116 heavy (non-hydrogen) atoms. The number of amides is 8. The average molecular weight is 1660 g/mol. The number of nitrogens with one attached hydrogen (secondary N) is 8. The molecule has 0 aliphatic carbocycles. The Labute approximate surface area is 667 Å². The summed E-state index contributed by atoms with van der Waals surface area (Å²) in [5.41, 5.74) is 0.596. The van der Waals surface area contributed by atoms with Gasteiger partial charge in [-0.3, -0.25) is 76.7 Å². The second-order valence-corrected chi connectivity index (χ2v) is 26.0. The number of benzene rings is 1. The highest BCUT2D eigenvalue weighted by Crippen LogP contribution is 2.31. The first kappa shape index (κ1) is 98.0. The molecule has 650 valence electrons. The van der Waals surface area contributed by atoms with E-state index in [9.17, 15) is 81.5 Å². The molecule has 8 N–H and O–H groups in total. The summed E-state index contributed by atoms with van der Waals surface area (Å²) in [7, 11) is 0. The fourth-order valence-electron chi connectivity index (χ4n) is 11.6. The summed E-state index contributed by atoms with van der Waals surface area (Å²) in [4.78, 5) is 215. The molecule has 3 aliphatic rings. The number of esters is 9. The van der Waals surface area contributed by atoms with Gasteiger partial charge in [0.2, 0.25) is 41.4 Å². The van der Waals surface area contributed by atoms with Crippen molar-refractivity contribution < 1.29 is 172 Å². The lowest BCUT2D eigenvalue weighted by Gasteiger charge is -2.44. The predicted molar refractivity (Wildman–Crippen MR) is 385 cm³/mol. The zero-order chi connectivity index (χ0) is 86.0. The van der Waals surface area contributed by atoms with Crippen molar-refractivity contribution in [2.24, 2.45) is 0 Å². The molecule has 0 aromatic heterocycles. The molecule has 3 heterocycles. The lowest BCUT2D eigenvalue weighted by atomic mass is 9.96. The van der Waals surface area contributed by atoms with E-state index in [0.29, 0.717) is 5.56 Å². The number of hydrogen-bond donors (Lipinski definition) is 8. The number of carbonyl (C=O) groups is 17. The van der Waals surface area contributed by atoms with Crippen molar-refractivity contribution in [3.63, 3.8) is 0 Å². The molecule has 3 fully saturated rings. The molecular formula is C72H106N8O36. The number of carbonyl (C=O) groups excluding carboxylic acids is 17. The molecule has 44 nitrogen and oxygen atoms in total. The zero-order valence-electron chi connectivity index (χ0n) is 66.5. The second-order valence-electron chi connectivity index (χ2n) is 26.0. The van der Waals surface area contributed by atoms with E-state index >= 15 is 0 Å². The van der Waals surface area contributed by atoms with Gasteiger partial charge in [0.25, 0.3) is 0 Å². The third-order valence-corrected chi connectivity index (χ3v) is 16.2. The average Bonchev–Trinajstić information content (AvgIpc) is 0.797. The highest BCUT2D eigenvalue weighted by atomic mass is 16.7. The number of alkyl carbamates (subject to hydrolysis) is 1. The Morgan fingerprint density at radius 3 is 0.974 bits per heavy atom. The minimum absolute atomic E-state index is 0.107. The minimum atomic E-state index is -1.47. The molecule has 0 radical (unpaired) electrons. The van der Waals surface area contributed by atoms with Crippen LogP contribution in [0.3, 0.4) is 0 Å². The normalized spacial score (nSPS) is 23.2. The van der Waals surface area contributed by atoms with Crippen LogP contribution in [0.5, 0.6) is 0 Å². The number of rotatable bonds is 48. The highest BCUT2D eigenvalue weighted by molar-refractivity contribution is 5.90. The Hall–Kier alpha value is -10.3. The fourth-order valence-corrected chi connectivity index (χ4v) is 11.6. The Morgan fingerprint density at radius 1 is 0.345 bits per heavy atom. The Kier molecular flexibility index (Phi) is 44.2. The van der Waals surface area contributed by atoms with Gasteiger partial charge in [0.15, 0.2) is 55.5 Å². The monoisotopic (exact) mass is 1660 g/mol. The highest BCUT2D eigenvalue weighted by Gasteiger charge is 2.54. The van der Waals surface area contributed by atoms with E-state index in [-0.39, 0.29) is 98.5 Å². The van der Waals surface area contributed by atoms with E-state index in [1.165, 1.54) is 6.92 Å². The van der Waals surface area contributed by atoms with Crippen LogP contribution in [0, 0.1) is 0 Å². The van der Waals surface area contributed by atoms with E-state index in [1.807, 2.05) is 0 Å². The third kappa shape index (κ3) is 37.9. The van der Waals surface area contributed by atoms with E-state index in [4.69, 9.17) is 90.0 Å². The number of ether oxygens (including phenoxy) is 19. The Balaban J connectivity index is 1.46. The van der Waals surface area contributed by atoms with Gasteiger partial charge in [-0.05, 0) is 18.4 Å². The van der Waals surface area contributed by atoms with Gasteiger partial charge < -0.3 is 133 Å². The van der Waals surface area contributed by atoms with E-state index < -0.39 is 238 Å². The van der Waals surface area contributed by atoms with Crippen molar-refractivity contribution in [3.8, 4) is 0 Å². The standard InChI is InChI=1S/C72H106N8O36/c1-38(81)76-58-64(111-47(10)90)61(108-44(7)87)53(35-104-41(4)84)114-69(58)101-31-28-98-25-22-73-56(93)20-18-51(67(95)74-23-26-99-29-32-102-70-59(77-39(2)82)65(112-48(11)91)62(109-45(8)88)54(115-70)36-105-42(5)85)79-57(94)21-19-52(80-72(97)107-34-50-16-14-13-15-17-50)68(96)75-24-27-100-30-33-103-71-60(78-40(3)83)66(113-49(12)92)63(110-46(9)89)55(116-71)37-106-43(6)86/h13-17,51-55,58-66,69-71H,18-37H2,1-12H3,(H,73,93)(H,74,95)(H,75,96)(H,76,81)(H,77,82)(H,78,83)(H,79,94)(H,80,97)/t51-,52-,53?,54?,55?,58?,59?,60?,61?,62?,63?,64?,65?,66?,69?,70?,71?/m0/s1. The van der Waals surface area contributed by atoms with E-state index in [0.717, 1.165) is 76.2 Å². The third-order valence-electron chi connectivity index (χ3n) is 16.2. The van der Waals surface area contributed by atoms with Crippen LogP contribution in [0.25, 0.3) is 0 Å². The van der Waals surface area contributed by atoms with Gasteiger partial charge >= 0.3 is 59.8 Å². The maximum Gasteiger partial charge on any atom is 0.408 e. The molecule has 3 aliphatic heterocycles. The smallest absolute Gasteiger partial charge is 0.408 e. The first-order valence-electron chi connectivity index (χ1n) is 36.9. The molecule has 3 saturated heterocycles. The van der Waals surface area contributed by atoms with Crippen LogP contribution in [0.2, 0.25) is 0 Å². The van der Waals surface area contributed by atoms with E-state index in [1.54, 1.807) is 30.3 Å². The van der Waals surface area contributed by atoms with Crippen LogP contribution in [-0.4, -0.2) is 304 Å². The van der Waals surface area contributed by atoms with Crippen molar-refractivity contribution in [3.05, 3.63) is 35.9 Å². The van der Waals surface area contributed by atoms with Crippen LogP contribution in [0.15, 0.2) is 30.3 Å². The van der Waals surface area contributed by atoms with Crippen LogP contribution in [0.1, 0.15) is 114 Å². The summed E-state index contributed by atoms with van der Waals surface area (Å²) in [5.74, 6) is -12.0. The quantitative estimate of drug-likeness (QED) is 0.0180. The number of hydrogen-bond acceptors (Lipinski definition) is 36. The lowest BCUT2D eigenvalue weighted by Crippen LogP contribution is -2.66. The molecule has 1 aromatic rings. The maximum atomic E-state index is 14.0. The van der Waals surface area contributed by atoms with Gasteiger partial charge in [-0.1, -0.05) is 30.3 Å². The van der Waals surface area contributed by atoms with Gasteiger partial charge in [-0.2, -0.15) is 0 Å². The Morgan fingerprint density at radius 2 is 0.655 bits per heavy atom. The van der Waals surface area contributed by atoms with Gasteiger partial charge in [-0.25, -0.2) is 4.79 Å². The fraction of sp³-hybridized carbons (Fsp3) is 0.681. The van der Waals surface area contributed by atoms with Crippen LogP contribution >= 0.6 is 0 Å². The lowest BCUT2D eigenvalue weighted by molar-refractivity contribution is -0.279. The molecule has 8 amide bonds. The Bertz CT molecular complexity index is 3450. The van der Waals surface area contributed by atoms with Crippen LogP contribution in [0.4, 0.5) is 4.79 Å². The first-order valence-corrected chi connectivity index (χ1v) is 36.9. The summed E-state index contributed by atoms with van der Waals surface area (Å²) >= 11 is 0. The molecule has 15 unspecified atom stereocenters. The molecule has 44 heteroatoms. The van der Waals surface area contributed by atoms with Crippen molar-refractivity contribution in [1.29, 1.82) is 0 Å². The van der Waals surface area contributed by atoms with E-state index in [2.05, 4.69) is 42.5 Å². The minimum Gasteiger partial charge on any atom is -0.463 e. The zero-order valence-corrected chi connectivity index (χ0v) is 66.5. The second kappa shape index (κ2) is 52.3. The first-order chi connectivity index (χ1) is 55.0. The largest absolute Gasteiger partial charge is 0.463 e. The van der Waals surface area contributed by atoms with Crippen molar-refractivity contribution in [2.75, 3.05) is 98.9 Å². The summed E-state index contributed by atoms with van der Waals surface area (Å²) in [6.07, 6.45) is -19.0. The van der Waals surface area contributed by atoms with Crippen LogP contribution in [-0.2, 0) is 173 Å². The molecule has 17 atom stereocenters. The molecule has 4 rings (SSSR count). The summed E-state index contributed by atoms with van der Waals surface area (Å²) in [5, 5.41) is 20.6. The van der Waals surface area contributed by atoms with Crippen molar-refractivity contribution in [1.82, 2.24) is 42.5 Å². The van der Waals surface area contributed by atoms with Crippen molar-refractivity contribution >= 4 is 101 Å². The van der Waals surface area contributed by atoms with Crippen molar-refractivity contribution in [2.45, 2.75) is 219 Å². The SMILES string of the molecule is CC(=O)NC1C(OCCOCCNC(=O)CC[C@H](NC(=O)CC[C@H](NC(=O)OCc2ccccc2)C(=O)NCCOCCOC2OC(COC(C)=O)C(OC(C)=O)C(OC(C)=O)C2NC(C)=O)C(=O)NCCOCCOC2OC(COC(C)=O)C(OC(C)=O)C(OC(C)=O)C2NC(C)=O)OC(COC(C)=O)C(OC(C)=O)C1OC(C)=O.